The van der Waals surface area contributed by atoms with E-state index in [1.54, 1.807) is 0 Å². The van der Waals surface area contributed by atoms with Crippen molar-refractivity contribution in [3.8, 4) is 0 Å². The van der Waals surface area contributed by atoms with Gasteiger partial charge in [0.25, 0.3) is 0 Å². The van der Waals surface area contributed by atoms with Crippen LogP contribution in [0.5, 0.6) is 0 Å². The van der Waals surface area contributed by atoms with E-state index >= 15 is 0 Å². The standard InChI is InChI=1S/C9H19NO/c1-2-5-9(11)8-10-6-3-4-7-10/h9,11H,2-8H2,1H3. The molecule has 11 heavy (non-hydrogen) atoms. The van der Waals surface area contributed by atoms with Crippen LogP contribution >= 0.6 is 0 Å². The third-order valence-electron chi connectivity index (χ3n) is 2.29. The normalized spacial score (nSPS) is 22.4. The van der Waals surface area contributed by atoms with Gasteiger partial charge in [-0.1, -0.05) is 13.3 Å². The summed E-state index contributed by atoms with van der Waals surface area (Å²) in [6, 6.07) is 0. The minimum Gasteiger partial charge on any atom is -0.392 e. The Hall–Kier alpha value is -0.0800. The Morgan fingerprint density at radius 3 is 2.55 bits per heavy atom. The van der Waals surface area contributed by atoms with Gasteiger partial charge >= 0.3 is 0 Å². The van der Waals surface area contributed by atoms with Gasteiger partial charge in [-0.25, -0.2) is 0 Å². The summed E-state index contributed by atoms with van der Waals surface area (Å²) in [6.45, 7) is 5.41. The molecule has 1 unspecified atom stereocenters. The number of hydrogen-bond donors (Lipinski definition) is 1. The van der Waals surface area contributed by atoms with Gasteiger partial charge in [-0.05, 0) is 32.4 Å². The van der Waals surface area contributed by atoms with E-state index in [2.05, 4.69) is 11.8 Å². The lowest BCUT2D eigenvalue weighted by Gasteiger charge is -2.18. The highest BCUT2D eigenvalue weighted by atomic mass is 16.3. The molecule has 66 valence electrons. The van der Waals surface area contributed by atoms with Crippen LogP contribution in [-0.4, -0.2) is 35.7 Å². The van der Waals surface area contributed by atoms with E-state index in [9.17, 15) is 5.11 Å². The van der Waals surface area contributed by atoms with Gasteiger partial charge in [-0.2, -0.15) is 0 Å². The molecule has 0 saturated carbocycles. The second-order valence-electron chi connectivity index (χ2n) is 3.45. The van der Waals surface area contributed by atoms with E-state index in [-0.39, 0.29) is 6.10 Å². The zero-order valence-electron chi connectivity index (χ0n) is 7.42. The average molecular weight is 157 g/mol. The Balaban J connectivity index is 2.08. The second kappa shape index (κ2) is 4.73. The molecule has 1 fully saturated rings. The number of rotatable bonds is 4. The summed E-state index contributed by atoms with van der Waals surface area (Å²) in [6.07, 6.45) is 4.60. The third kappa shape index (κ3) is 3.21. The van der Waals surface area contributed by atoms with Crippen LogP contribution in [0.1, 0.15) is 32.6 Å². The first kappa shape index (κ1) is 9.01. The molecule has 1 aliphatic rings. The first-order chi connectivity index (χ1) is 5.33. The summed E-state index contributed by atoms with van der Waals surface area (Å²) >= 11 is 0. The van der Waals surface area contributed by atoms with Crippen LogP contribution in [-0.2, 0) is 0 Å². The van der Waals surface area contributed by atoms with Gasteiger partial charge in [0, 0.05) is 6.54 Å². The van der Waals surface area contributed by atoms with Crippen LogP contribution in [0.4, 0.5) is 0 Å². The molecule has 2 heteroatoms. The number of likely N-dealkylation sites (tertiary alicyclic amines) is 1. The lowest BCUT2D eigenvalue weighted by molar-refractivity contribution is 0.116. The Morgan fingerprint density at radius 2 is 2.00 bits per heavy atom. The summed E-state index contributed by atoms with van der Waals surface area (Å²) in [4.78, 5) is 2.36. The molecule has 0 amide bonds. The van der Waals surface area contributed by atoms with Gasteiger partial charge in [0.2, 0.25) is 0 Å². The van der Waals surface area contributed by atoms with Crippen molar-refractivity contribution in [2.24, 2.45) is 0 Å². The second-order valence-corrected chi connectivity index (χ2v) is 3.45. The fourth-order valence-electron chi connectivity index (χ4n) is 1.69. The van der Waals surface area contributed by atoms with Crippen LogP contribution in [0.3, 0.4) is 0 Å². The highest BCUT2D eigenvalue weighted by Crippen LogP contribution is 2.09. The molecule has 1 saturated heterocycles. The average Bonchev–Trinajstić information content (AvgIpc) is 2.40. The van der Waals surface area contributed by atoms with Gasteiger partial charge < -0.3 is 10.0 Å². The molecule has 1 rings (SSSR count). The van der Waals surface area contributed by atoms with E-state index < -0.39 is 0 Å². The number of aliphatic hydroxyl groups is 1. The molecule has 0 radical (unpaired) electrons. The number of nitrogens with zero attached hydrogens (tertiary/aromatic N) is 1. The molecule has 2 nitrogen and oxygen atoms in total. The van der Waals surface area contributed by atoms with Crippen molar-refractivity contribution in [2.45, 2.75) is 38.7 Å². The zero-order chi connectivity index (χ0) is 8.10. The molecule has 0 aromatic carbocycles. The molecular weight excluding hydrogens is 138 g/mol. The van der Waals surface area contributed by atoms with Crippen molar-refractivity contribution >= 4 is 0 Å². The van der Waals surface area contributed by atoms with Crippen molar-refractivity contribution in [2.75, 3.05) is 19.6 Å². The van der Waals surface area contributed by atoms with Gasteiger partial charge in [-0.15, -0.1) is 0 Å². The molecular formula is C9H19NO. The minimum absolute atomic E-state index is 0.0851. The number of β-amino-alcohol motifs (C(OH)–C–C–N with tert-alkyl or cyclic N) is 1. The SMILES string of the molecule is CCCC(O)CN1CCCC1. The largest absolute Gasteiger partial charge is 0.392 e. The van der Waals surface area contributed by atoms with Crippen molar-refractivity contribution in [1.82, 2.24) is 4.90 Å². The lowest BCUT2D eigenvalue weighted by Crippen LogP contribution is -2.29. The number of hydrogen-bond acceptors (Lipinski definition) is 2. The third-order valence-corrected chi connectivity index (χ3v) is 2.29. The topological polar surface area (TPSA) is 23.5 Å². The maximum absolute atomic E-state index is 9.47. The van der Waals surface area contributed by atoms with Crippen LogP contribution in [0, 0.1) is 0 Å². The fourth-order valence-corrected chi connectivity index (χ4v) is 1.69. The van der Waals surface area contributed by atoms with Crippen LogP contribution in [0.15, 0.2) is 0 Å². The van der Waals surface area contributed by atoms with Crippen molar-refractivity contribution in [1.29, 1.82) is 0 Å². The van der Waals surface area contributed by atoms with Crippen molar-refractivity contribution in [3.05, 3.63) is 0 Å². The summed E-state index contributed by atoms with van der Waals surface area (Å²) in [5.74, 6) is 0. The Kier molecular flexibility index (Phi) is 3.87. The highest BCUT2D eigenvalue weighted by Gasteiger charge is 2.14. The summed E-state index contributed by atoms with van der Waals surface area (Å²) in [7, 11) is 0. The predicted octanol–water partition coefficient (Wildman–Crippen LogP) is 1.24. The van der Waals surface area contributed by atoms with Crippen LogP contribution < -0.4 is 0 Å². The Morgan fingerprint density at radius 1 is 1.36 bits per heavy atom. The molecule has 0 aliphatic carbocycles. The van der Waals surface area contributed by atoms with Gasteiger partial charge in [0.1, 0.15) is 0 Å². The molecule has 0 bridgehead atoms. The zero-order valence-corrected chi connectivity index (χ0v) is 7.42. The maximum Gasteiger partial charge on any atom is 0.0667 e. The molecule has 0 aromatic rings. The monoisotopic (exact) mass is 157 g/mol. The van der Waals surface area contributed by atoms with E-state index in [4.69, 9.17) is 0 Å². The van der Waals surface area contributed by atoms with Gasteiger partial charge in [0.05, 0.1) is 6.10 Å². The summed E-state index contributed by atoms with van der Waals surface area (Å²) in [5.41, 5.74) is 0. The van der Waals surface area contributed by atoms with E-state index in [1.165, 1.54) is 25.9 Å². The van der Waals surface area contributed by atoms with E-state index in [1.807, 2.05) is 0 Å². The fraction of sp³-hybridized carbons (Fsp3) is 1.00. The smallest absolute Gasteiger partial charge is 0.0667 e. The maximum atomic E-state index is 9.47. The molecule has 1 aliphatic heterocycles. The van der Waals surface area contributed by atoms with Crippen molar-refractivity contribution in [3.63, 3.8) is 0 Å². The molecule has 0 spiro atoms. The molecule has 1 atom stereocenters. The summed E-state index contributed by atoms with van der Waals surface area (Å²) in [5, 5.41) is 9.47. The highest BCUT2D eigenvalue weighted by molar-refractivity contribution is 4.69. The van der Waals surface area contributed by atoms with E-state index in [0.29, 0.717) is 0 Å². The van der Waals surface area contributed by atoms with E-state index in [0.717, 1.165) is 19.4 Å². The molecule has 1 heterocycles. The first-order valence-electron chi connectivity index (χ1n) is 4.73. The van der Waals surface area contributed by atoms with Gasteiger partial charge in [0.15, 0.2) is 0 Å². The van der Waals surface area contributed by atoms with Crippen LogP contribution in [0.2, 0.25) is 0 Å². The lowest BCUT2D eigenvalue weighted by atomic mass is 10.2. The summed E-state index contributed by atoms with van der Waals surface area (Å²) < 4.78 is 0. The molecule has 1 N–H and O–H groups in total. The molecule has 0 aromatic heterocycles. The Labute approximate surface area is 69.2 Å². The number of aliphatic hydroxyl groups excluding tert-OH is 1. The van der Waals surface area contributed by atoms with Crippen molar-refractivity contribution < 1.29 is 5.11 Å². The first-order valence-corrected chi connectivity index (χ1v) is 4.73. The quantitative estimate of drug-likeness (QED) is 0.663. The van der Waals surface area contributed by atoms with Gasteiger partial charge in [-0.3, -0.25) is 0 Å². The van der Waals surface area contributed by atoms with Crippen LogP contribution in [0.25, 0.3) is 0 Å². The predicted molar refractivity (Wildman–Crippen MR) is 46.6 cm³/mol. The Bertz CT molecular complexity index is 99.7. The minimum atomic E-state index is -0.0851.